The molecular weight excluding hydrogens is 447 g/mol. The zero-order valence-corrected chi connectivity index (χ0v) is 17.6. The van der Waals surface area contributed by atoms with Gasteiger partial charge >= 0.3 is 0 Å². The van der Waals surface area contributed by atoms with Crippen molar-refractivity contribution in [3.8, 4) is 0 Å². The maximum Gasteiger partial charge on any atom is 0.250 e. The van der Waals surface area contributed by atoms with Crippen molar-refractivity contribution in [2.75, 3.05) is 19.6 Å². The number of benzene rings is 1. The SMILES string of the molecule is O=C(CCCCCCCCCN1CCC(F)(F)CC1)c1ccc(I)cc1. The van der Waals surface area contributed by atoms with E-state index < -0.39 is 5.92 Å². The summed E-state index contributed by atoms with van der Waals surface area (Å²) < 4.78 is 27.3. The number of Topliss-reactive ketones (excluding diaryl/α,β-unsaturated/α-hetero) is 1. The molecule has 0 unspecified atom stereocenters. The predicted octanol–water partition coefficient (Wildman–Crippen LogP) is 6.33. The lowest BCUT2D eigenvalue weighted by atomic mass is 10.0. The van der Waals surface area contributed by atoms with Gasteiger partial charge in [-0.1, -0.05) is 44.2 Å². The van der Waals surface area contributed by atoms with Crippen molar-refractivity contribution < 1.29 is 13.6 Å². The molecule has 0 saturated carbocycles. The summed E-state index contributed by atoms with van der Waals surface area (Å²) in [4.78, 5) is 14.2. The Morgan fingerprint density at radius 3 is 2.08 bits per heavy atom. The molecule has 0 N–H and O–H groups in total. The quantitative estimate of drug-likeness (QED) is 0.211. The Morgan fingerprint density at radius 2 is 1.46 bits per heavy atom. The average Bonchev–Trinajstić information content (AvgIpc) is 2.62. The topological polar surface area (TPSA) is 20.3 Å². The maximum absolute atomic E-state index is 13.1. The van der Waals surface area contributed by atoms with Crippen LogP contribution in [0.3, 0.4) is 0 Å². The summed E-state index contributed by atoms with van der Waals surface area (Å²) in [6.07, 6.45) is 8.62. The van der Waals surface area contributed by atoms with E-state index in [1.165, 1.54) is 25.7 Å². The Hall–Kier alpha value is -0.560. The van der Waals surface area contributed by atoms with E-state index in [9.17, 15) is 13.6 Å². The first-order chi connectivity index (χ1) is 12.5. The second kappa shape index (κ2) is 11.3. The van der Waals surface area contributed by atoms with Crippen LogP contribution in [0.5, 0.6) is 0 Å². The number of piperidine rings is 1. The second-order valence-electron chi connectivity index (χ2n) is 7.35. The van der Waals surface area contributed by atoms with Crippen molar-refractivity contribution in [1.82, 2.24) is 4.90 Å². The first kappa shape index (κ1) is 21.7. The minimum Gasteiger partial charge on any atom is -0.303 e. The molecule has 1 heterocycles. The van der Waals surface area contributed by atoms with E-state index in [1.807, 2.05) is 24.3 Å². The van der Waals surface area contributed by atoms with Gasteiger partial charge in [0, 0.05) is 41.5 Å². The number of hydrogen-bond acceptors (Lipinski definition) is 2. The van der Waals surface area contributed by atoms with Crippen molar-refractivity contribution in [3.63, 3.8) is 0 Å². The zero-order chi connectivity index (χ0) is 18.8. The maximum atomic E-state index is 13.1. The summed E-state index contributed by atoms with van der Waals surface area (Å²) in [6, 6.07) is 7.77. The van der Waals surface area contributed by atoms with Gasteiger partial charge in [-0.05, 0) is 54.1 Å². The van der Waals surface area contributed by atoms with Crippen molar-refractivity contribution in [2.24, 2.45) is 0 Å². The molecule has 1 aliphatic rings. The molecule has 2 nitrogen and oxygen atoms in total. The molecule has 1 aromatic rings. The lowest BCUT2D eigenvalue weighted by Crippen LogP contribution is -2.39. The molecule has 0 bridgehead atoms. The van der Waals surface area contributed by atoms with Gasteiger partial charge in [-0.25, -0.2) is 8.78 Å². The highest BCUT2D eigenvalue weighted by molar-refractivity contribution is 14.1. The first-order valence-electron chi connectivity index (χ1n) is 9.85. The standard InChI is InChI=1S/C21H30F2INO/c22-21(23)13-16-25(17-14-21)15-7-5-3-1-2-4-6-8-20(26)18-9-11-19(24)12-10-18/h9-12H,1-8,13-17H2. The van der Waals surface area contributed by atoms with Crippen LogP contribution in [-0.2, 0) is 0 Å². The van der Waals surface area contributed by atoms with Crippen molar-refractivity contribution in [2.45, 2.75) is 70.1 Å². The highest BCUT2D eigenvalue weighted by Gasteiger charge is 2.33. The highest BCUT2D eigenvalue weighted by Crippen LogP contribution is 2.27. The van der Waals surface area contributed by atoms with Gasteiger partial charge < -0.3 is 4.90 Å². The number of carbonyl (C=O) groups is 1. The largest absolute Gasteiger partial charge is 0.303 e. The van der Waals surface area contributed by atoms with E-state index in [2.05, 4.69) is 27.5 Å². The summed E-state index contributed by atoms with van der Waals surface area (Å²) in [6.45, 7) is 2.05. The molecule has 26 heavy (non-hydrogen) atoms. The smallest absolute Gasteiger partial charge is 0.250 e. The van der Waals surface area contributed by atoms with Crippen LogP contribution in [0.25, 0.3) is 0 Å². The van der Waals surface area contributed by atoms with Crippen LogP contribution in [-0.4, -0.2) is 36.2 Å². The number of hydrogen-bond donors (Lipinski definition) is 0. The highest BCUT2D eigenvalue weighted by atomic mass is 127. The number of unbranched alkanes of at least 4 members (excludes halogenated alkanes) is 6. The normalized spacial score (nSPS) is 17.3. The van der Waals surface area contributed by atoms with Gasteiger partial charge in [0.2, 0.25) is 0 Å². The first-order valence-corrected chi connectivity index (χ1v) is 10.9. The van der Waals surface area contributed by atoms with Gasteiger partial charge in [0.1, 0.15) is 0 Å². The summed E-state index contributed by atoms with van der Waals surface area (Å²) in [5.74, 6) is -2.19. The van der Waals surface area contributed by atoms with Gasteiger partial charge in [-0.15, -0.1) is 0 Å². The third-order valence-corrected chi connectivity index (χ3v) is 5.85. The number of rotatable bonds is 11. The van der Waals surface area contributed by atoms with Crippen LogP contribution in [0.15, 0.2) is 24.3 Å². The Balaban J connectivity index is 1.41. The molecule has 1 aromatic carbocycles. The van der Waals surface area contributed by atoms with E-state index in [0.717, 1.165) is 34.9 Å². The molecule has 1 fully saturated rings. The number of ketones is 1. The van der Waals surface area contributed by atoms with Crippen molar-refractivity contribution >= 4 is 28.4 Å². The molecule has 0 amide bonds. The van der Waals surface area contributed by atoms with E-state index in [1.54, 1.807) is 0 Å². The van der Waals surface area contributed by atoms with Crippen LogP contribution >= 0.6 is 22.6 Å². The van der Waals surface area contributed by atoms with Crippen molar-refractivity contribution in [1.29, 1.82) is 0 Å². The zero-order valence-electron chi connectivity index (χ0n) is 15.5. The van der Waals surface area contributed by atoms with E-state index in [0.29, 0.717) is 19.5 Å². The fraction of sp³-hybridized carbons (Fsp3) is 0.667. The van der Waals surface area contributed by atoms with Gasteiger partial charge in [-0.3, -0.25) is 4.79 Å². The number of carbonyl (C=O) groups excluding carboxylic acids is 1. The third-order valence-electron chi connectivity index (χ3n) is 5.13. The molecule has 0 atom stereocenters. The number of likely N-dealkylation sites (tertiary alicyclic amines) is 1. The molecule has 5 heteroatoms. The monoisotopic (exact) mass is 477 g/mol. The number of halogens is 3. The van der Waals surface area contributed by atoms with Crippen molar-refractivity contribution in [3.05, 3.63) is 33.4 Å². The number of alkyl halides is 2. The predicted molar refractivity (Wildman–Crippen MR) is 111 cm³/mol. The molecular formula is C21H30F2INO. The fourth-order valence-corrected chi connectivity index (χ4v) is 3.75. The second-order valence-corrected chi connectivity index (χ2v) is 8.60. The fourth-order valence-electron chi connectivity index (χ4n) is 3.39. The molecule has 2 rings (SSSR count). The Morgan fingerprint density at radius 1 is 0.923 bits per heavy atom. The lowest BCUT2D eigenvalue weighted by Gasteiger charge is -2.31. The molecule has 1 aliphatic heterocycles. The third kappa shape index (κ3) is 8.42. The minimum atomic E-state index is -2.43. The minimum absolute atomic E-state index is 0.0218. The number of nitrogens with zero attached hydrogens (tertiary/aromatic N) is 1. The van der Waals surface area contributed by atoms with Crippen LogP contribution in [0.2, 0.25) is 0 Å². The Bertz CT molecular complexity index is 537. The molecule has 0 spiro atoms. The summed E-state index contributed by atoms with van der Waals surface area (Å²) >= 11 is 2.24. The lowest BCUT2D eigenvalue weighted by molar-refractivity contribution is -0.0552. The van der Waals surface area contributed by atoms with E-state index in [4.69, 9.17) is 0 Å². The molecule has 146 valence electrons. The van der Waals surface area contributed by atoms with E-state index in [-0.39, 0.29) is 18.6 Å². The van der Waals surface area contributed by atoms with E-state index >= 15 is 0 Å². The van der Waals surface area contributed by atoms with Gasteiger partial charge in [-0.2, -0.15) is 0 Å². The van der Waals surface area contributed by atoms with Gasteiger partial charge in [0.05, 0.1) is 0 Å². The van der Waals surface area contributed by atoms with Crippen LogP contribution in [0.4, 0.5) is 8.78 Å². The molecule has 0 radical (unpaired) electrons. The summed E-state index contributed by atoms with van der Waals surface area (Å²) in [5.41, 5.74) is 0.820. The van der Waals surface area contributed by atoms with Gasteiger partial charge in [0.15, 0.2) is 5.78 Å². The molecule has 0 aromatic heterocycles. The van der Waals surface area contributed by atoms with Crippen LogP contribution in [0, 0.1) is 3.57 Å². The van der Waals surface area contributed by atoms with Crippen LogP contribution in [0.1, 0.15) is 74.6 Å². The van der Waals surface area contributed by atoms with Crippen LogP contribution < -0.4 is 0 Å². The average molecular weight is 477 g/mol. The molecule has 0 aliphatic carbocycles. The molecule has 1 saturated heterocycles. The summed E-state index contributed by atoms with van der Waals surface area (Å²) in [7, 11) is 0. The van der Waals surface area contributed by atoms with Gasteiger partial charge in [0.25, 0.3) is 5.92 Å². The summed E-state index contributed by atoms with van der Waals surface area (Å²) in [5, 5.41) is 0. The Labute approximate surface area is 169 Å². The Kier molecular flexibility index (Phi) is 9.46.